The number of carbonyl (C=O) groups excluding carboxylic acids is 1. The molecule has 1 rings (SSSR count). The minimum absolute atomic E-state index is 0.249. The molecule has 1 atom stereocenters. The van der Waals surface area contributed by atoms with Crippen molar-refractivity contribution in [3.8, 4) is 0 Å². The van der Waals surface area contributed by atoms with Crippen molar-refractivity contribution in [3.05, 3.63) is 35.9 Å². The number of sulfone groups is 1. The summed E-state index contributed by atoms with van der Waals surface area (Å²) in [4.78, 5) is 11.5. The number of alkyl halides is 3. The zero-order valence-electron chi connectivity index (χ0n) is 11.9. The van der Waals surface area contributed by atoms with Crippen molar-refractivity contribution < 1.29 is 26.4 Å². The molecule has 0 aromatic heterocycles. The van der Waals surface area contributed by atoms with Gasteiger partial charge >= 0.3 is 12.2 Å². The van der Waals surface area contributed by atoms with E-state index >= 15 is 0 Å². The molecule has 0 saturated heterocycles. The van der Waals surface area contributed by atoms with E-state index in [0.717, 1.165) is 6.26 Å². The lowest BCUT2D eigenvalue weighted by Gasteiger charge is -2.22. The third-order valence-electron chi connectivity index (χ3n) is 2.74. The largest absolute Gasteiger partial charge is 0.408 e. The SMILES string of the molecule is CS(=O)(=O)CCNC(=O)N[C@@H](Cc1ccccc1)C(F)(F)F. The smallest absolute Gasteiger partial charge is 0.337 e. The molecule has 0 fully saturated rings. The summed E-state index contributed by atoms with van der Waals surface area (Å²) in [6.07, 6.45) is -4.03. The molecule has 0 aliphatic carbocycles. The lowest BCUT2D eigenvalue weighted by Crippen LogP contribution is -2.51. The number of urea groups is 1. The van der Waals surface area contributed by atoms with E-state index in [-0.39, 0.29) is 12.3 Å². The van der Waals surface area contributed by atoms with Gasteiger partial charge in [-0.3, -0.25) is 0 Å². The molecular formula is C13H17F3N2O3S. The molecule has 124 valence electrons. The fourth-order valence-corrected chi connectivity index (χ4v) is 2.13. The molecule has 0 aliphatic heterocycles. The molecule has 2 N–H and O–H groups in total. The van der Waals surface area contributed by atoms with Crippen LogP contribution in [-0.2, 0) is 16.3 Å². The Morgan fingerprint density at radius 1 is 1.23 bits per heavy atom. The van der Waals surface area contributed by atoms with Crippen molar-refractivity contribution in [2.24, 2.45) is 0 Å². The lowest BCUT2D eigenvalue weighted by molar-refractivity contribution is -0.152. The van der Waals surface area contributed by atoms with Gasteiger partial charge in [-0.25, -0.2) is 13.2 Å². The minimum atomic E-state index is -4.61. The highest BCUT2D eigenvalue weighted by atomic mass is 32.2. The zero-order valence-corrected chi connectivity index (χ0v) is 12.7. The first kappa shape index (κ1) is 18.3. The van der Waals surface area contributed by atoms with E-state index in [2.05, 4.69) is 5.32 Å². The van der Waals surface area contributed by atoms with Gasteiger partial charge in [-0.15, -0.1) is 0 Å². The summed E-state index contributed by atoms with van der Waals surface area (Å²) in [7, 11) is -3.29. The molecule has 0 spiro atoms. The molecule has 0 aliphatic rings. The van der Waals surface area contributed by atoms with E-state index in [1.807, 2.05) is 5.32 Å². The van der Waals surface area contributed by atoms with Gasteiger partial charge in [0, 0.05) is 19.2 Å². The second kappa shape index (κ2) is 7.48. The molecule has 22 heavy (non-hydrogen) atoms. The quantitative estimate of drug-likeness (QED) is 0.825. The van der Waals surface area contributed by atoms with Gasteiger partial charge in [0.15, 0.2) is 0 Å². The maximum atomic E-state index is 12.9. The molecule has 5 nitrogen and oxygen atoms in total. The monoisotopic (exact) mass is 338 g/mol. The van der Waals surface area contributed by atoms with Crippen LogP contribution in [0.3, 0.4) is 0 Å². The van der Waals surface area contributed by atoms with Gasteiger partial charge in [0.25, 0.3) is 0 Å². The first-order valence-corrected chi connectivity index (χ1v) is 8.47. The molecule has 0 saturated carbocycles. The fourth-order valence-electron chi connectivity index (χ4n) is 1.66. The standard InChI is InChI=1S/C13H17F3N2O3S/c1-22(20,21)8-7-17-12(19)18-11(13(14,15)16)9-10-5-3-2-4-6-10/h2-6,11H,7-9H2,1H3,(H2,17,18,19)/t11-/m0/s1. The van der Waals surface area contributed by atoms with Crippen LogP contribution in [0.4, 0.5) is 18.0 Å². The maximum Gasteiger partial charge on any atom is 0.408 e. The van der Waals surface area contributed by atoms with Crippen LogP contribution in [0.5, 0.6) is 0 Å². The number of halogens is 3. The molecule has 9 heteroatoms. The normalized spacial score (nSPS) is 13.5. The molecule has 2 amide bonds. The van der Waals surface area contributed by atoms with Gasteiger partial charge in [-0.2, -0.15) is 13.2 Å². The summed E-state index contributed by atoms with van der Waals surface area (Å²) in [5, 5.41) is 3.92. The predicted molar refractivity (Wildman–Crippen MR) is 76.2 cm³/mol. The highest BCUT2D eigenvalue weighted by molar-refractivity contribution is 7.90. The predicted octanol–water partition coefficient (Wildman–Crippen LogP) is 1.50. The Bertz CT molecular complexity index is 588. The zero-order chi connectivity index (χ0) is 16.8. The van der Waals surface area contributed by atoms with Gasteiger partial charge in [0.2, 0.25) is 0 Å². The Labute approximate surface area is 126 Å². The summed E-state index contributed by atoms with van der Waals surface area (Å²) >= 11 is 0. The van der Waals surface area contributed by atoms with E-state index in [1.54, 1.807) is 18.2 Å². The number of rotatable bonds is 6. The second-order valence-electron chi connectivity index (χ2n) is 4.81. The van der Waals surface area contributed by atoms with Crippen LogP contribution in [-0.4, -0.2) is 45.2 Å². The molecule has 1 aromatic rings. The molecular weight excluding hydrogens is 321 g/mol. The van der Waals surface area contributed by atoms with Crippen LogP contribution < -0.4 is 10.6 Å². The number of benzene rings is 1. The third-order valence-corrected chi connectivity index (χ3v) is 3.69. The summed E-state index contributed by atoms with van der Waals surface area (Å²) in [5.74, 6) is -0.338. The number of hydrogen-bond donors (Lipinski definition) is 2. The van der Waals surface area contributed by atoms with E-state index in [9.17, 15) is 26.4 Å². The highest BCUT2D eigenvalue weighted by Gasteiger charge is 2.40. The van der Waals surface area contributed by atoms with Crippen LogP contribution in [0.2, 0.25) is 0 Å². The fraction of sp³-hybridized carbons (Fsp3) is 0.462. The van der Waals surface area contributed by atoms with E-state index in [4.69, 9.17) is 0 Å². The van der Waals surface area contributed by atoms with Crippen LogP contribution >= 0.6 is 0 Å². The van der Waals surface area contributed by atoms with Gasteiger partial charge in [0.1, 0.15) is 15.9 Å². The number of carbonyl (C=O) groups is 1. The summed E-state index contributed by atoms with van der Waals surface area (Å²) < 4.78 is 60.6. The Balaban J connectivity index is 2.60. The number of hydrogen-bond acceptors (Lipinski definition) is 3. The summed E-state index contributed by atoms with van der Waals surface area (Å²) in [6, 6.07) is 4.85. The van der Waals surface area contributed by atoms with Crippen LogP contribution in [0.15, 0.2) is 30.3 Å². The molecule has 0 heterocycles. The summed E-state index contributed by atoms with van der Waals surface area (Å²) in [6.45, 7) is -0.249. The van der Waals surface area contributed by atoms with Crippen molar-refractivity contribution in [1.29, 1.82) is 0 Å². The third kappa shape index (κ3) is 7.30. The van der Waals surface area contributed by atoms with Crippen molar-refractivity contribution in [3.63, 3.8) is 0 Å². The first-order chi connectivity index (χ1) is 10.1. The summed E-state index contributed by atoms with van der Waals surface area (Å²) in [5.41, 5.74) is 0.432. The average Bonchev–Trinajstić information content (AvgIpc) is 2.36. The maximum absolute atomic E-state index is 12.9. The van der Waals surface area contributed by atoms with Crippen molar-refractivity contribution in [2.75, 3.05) is 18.6 Å². The van der Waals surface area contributed by atoms with Crippen LogP contribution in [0.1, 0.15) is 5.56 Å². The van der Waals surface area contributed by atoms with E-state index in [0.29, 0.717) is 5.56 Å². The van der Waals surface area contributed by atoms with Crippen LogP contribution in [0, 0.1) is 0 Å². The average molecular weight is 338 g/mol. The first-order valence-electron chi connectivity index (χ1n) is 6.40. The van der Waals surface area contributed by atoms with Crippen molar-refractivity contribution in [1.82, 2.24) is 10.6 Å². The van der Waals surface area contributed by atoms with Crippen molar-refractivity contribution >= 4 is 15.9 Å². The Morgan fingerprint density at radius 3 is 2.32 bits per heavy atom. The molecule has 1 aromatic carbocycles. The minimum Gasteiger partial charge on any atom is -0.337 e. The topological polar surface area (TPSA) is 75.3 Å². The van der Waals surface area contributed by atoms with Gasteiger partial charge < -0.3 is 10.6 Å². The van der Waals surface area contributed by atoms with Gasteiger partial charge in [-0.05, 0) is 5.56 Å². The van der Waals surface area contributed by atoms with E-state index in [1.165, 1.54) is 12.1 Å². The number of nitrogens with one attached hydrogen (secondary N) is 2. The van der Waals surface area contributed by atoms with Gasteiger partial charge in [0.05, 0.1) is 5.75 Å². The molecule has 0 radical (unpaired) electrons. The second-order valence-corrected chi connectivity index (χ2v) is 7.07. The van der Waals surface area contributed by atoms with Gasteiger partial charge in [-0.1, -0.05) is 30.3 Å². The molecule has 0 bridgehead atoms. The lowest BCUT2D eigenvalue weighted by atomic mass is 10.1. The Morgan fingerprint density at radius 2 is 1.82 bits per heavy atom. The number of amides is 2. The highest BCUT2D eigenvalue weighted by Crippen LogP contribution is 2.23. The van der Waals surface area contributed by atoms with Crippen molar-refractivity contribution in [2.45, 2.75) is 18.6 Å². The van der Waals surface area contributed by atoms with E-state index < -0.39 is 34.5 Å². The Hall–Kier alpha value is -1.77. The molecule has 0 unspecified atom stereocenters. The Kier molecular flexibility index (Phi) is 6.21. The van der Waals surface area contributed by atoms with Crippen LogP contribution in [0.25, 0.3) is 0 Å².